The van der Waals surface area contributed by atoms with Gasteiger partial charge in [-0.3, -0.25) is 9.59 Å². The minimum absolute atomic E-state index is 0.173. The molecule has 212 valence electrons. The second kappa shape index (κ2) is 10.6. The predicted molar refractivity (Wildman–Crippen MR) is 157 cm³/mol. The van der Waals surface area contributed by atoms with Gasteiger partial charge in [-0.15, -0.1) is 0 Å². The minimum Gasteiger partial charge on any atom is -0.459 e. The number of nitrogens with one attached hydrogen (secondary N) is 1. The Balaban J connectivity index is 1.12. The Morgan fingerprint density at radius 3 is 2.10 bits per heavy atom. The number of carbonyl (C=O) groups excluding carboxylic acids is 3. The molecule has 5 fully saturated rings. The van der Waals surface area contributed by atoms with Crippen molar-refractivity contribution in [3.63, 3.8) is 0 Å². The van der Waals surface area contributed by atoms with Gasteiger partial charge in [0.15, 0.2) is 0 Å². The number of rotatable bonds is 7. The lowest BCUT2D eigenvalue weighted by Gasteiger charge is -2.56. The zero-order valence-corrected chi connectivity index (χ0v) is 23.5. The Morgan fingerprint density at radius 2 is 1.44 bits per heavy atom. The summed E-state index contributed by atoms with van der Waals surface area (Å²) >= 11 is 0. The molecule has 3 aromatic rings. The van der Waals surface area contributed by atoms with Gasteiger partial charge in [0.2, 0.25) is 0 Å². The average molecular weight is 551 g/mol. The van der Waals surface area contributed by atoms with Crippen molar-refractivity contribution in [1.82, 2.24) is 10.2 Å². The van der Waals surface area contributed by atoms with E-state index in [1.54, 1.807) is 4.90 Å². The molecule has 0 unspecified atom stereocenters. The summed E-state index contributed by atoms with van der Waals surface area (Å²) in [5.74, 6) is 1.56. The number of carbonyl (C=O) groups is 3. The van der Waals surface area contributed by atoms with Gasteiger partial charge < -0.3 is 15.0 Å². The number of benzene rings is 3. The molecule has 2 amide bonds. The molecule has 5 aliphatic rings. The summed E-state index contributed by atoms with van der Waals surface area (Å²) < 4.78 is 5.62. The fourth-order valence-corrected chi connectivity index (χ4v) is 8.71. The number of esters is 1. The molecular formula is C35H38N2O4. The zero-order valence-electron chi connectivity index (χ0n) is 23.5. The van der Waals surface area contributed by atoms with Crippen LogP contribution >= 0.6 is 0 Å². The molecule has 4 saturated carbocycles. The smallest absolute Gasteiger partial charge is 0.329 e. The first-order chi connectivity index (χ1) is 20.0. The van der Waals surface area contributed by atoms with Gasteiger partial charge in [0, 0.05) is 13.1 Å². The molecule has 0 spiro atoms. The van der Waals surface area contributed by atoms with Crippen molar-refractivity contribution < 1.29 is 19.1 Å². The van der Waals surface area contributed by atoms with E-state index >= 15 is 0 Å². The molecule has 1 aliphatic heterocycles. The number of hydrogen-bond acceptors (Lipinski definition) is 4. The van der Waals surface area contributed by atoms with Crippen LogP contribution in [0.15, 0.2) is 66.7 Å². The monoisotopic (exact) mass is 550 g/mol. The van der Waals surface area contributed by atoms with Crippen LogP contribution in [0.5, 0.6) is 0 Å². The second-order valence-electron chi connectivity index (χ2n) is 13.1. The van der Waals surface area contributed by atoms with E-state index in [0.717, 1.165) is 40.5 Å². The van der Waals surface area contributed by atoms with Gasteiger partial charge in [0.25, 0.3) is 11.8 Å². The van der Waals surface area contributed by atoms with E-state index in [-0.39, 0.29) is 23.8 Å². The molecule has 8 rings (SSSR count). The fraction of sp³-hybridized carbons (Fsp3) is 0.457. The summed E-state index contributed by atoms with van der Waals surface area (Å²) in [5.41, 5.74) is 1.86. The van der Waals surface area contributed by atoms with Crippen LogP contribution in [0.2, 0.25) is 0 Å². The lowest BCUT2D eigenvalue weighted by atomic mass is 9.49. The largest absolute Gasteiger partial charge is 0.459 e. The average Bonchev–Trinajstić information content (AvgIpc) is 3.48. The first-order valence-electron chi connectivity index (χ1n) is 15.3. The predicted octanol–water partition coefficient (Wildman–Crippen LogP) is 6.13. The normalized spacial score (nSPS) is 28.1. The second-order valence-corrected chi connectivity index (χ2v) is 13.1. The van der Waals surface area contributed by atoms with E-state index < -0.39 is 12.0 Å². The van der Waals surface area contributed by atoms with Crippen LogP contribution in [0.3, 0.4) is 0 Å². The third-order valence-corrected chi connectivity index (χ3v) is 10.2. The molecule has 1 saturated heterocycles. The molecular weight excluding hydrogens is 512 g/mol. The topological polar surface area (TPSA) is 75.7 Å². The number of amides is 2. The van der Waals surface area contributed by atoms with Crippen molar-refractivity contribution in [3.05, 3.63) is 83.4 Å². The number of hydrogen-bond donors (Lipinski definition) is 1. The fourth-order valence-electron chi connectivity index (χ4n) is 8.71. The SMILES string of the molecule is O=C(NCC12CC3CC(CC(C3)C1)C2)c1cc2ccccc2cc1C(=O)N1CCC[C@@H]1C(=O)OCc1ccccc1. The Labute approximate surface area is 241 Å². The first-order valence-corrected chi connectivity index (χ1v) is 15.3. The van der Waals surface area contributed by atoms with Crippen LogP contribution in [0.1, 0.15) is 77.6 Å². The highest BCUT2D eigenvalue weighted by atomic mass is 16.5. The van der Waals surface area contributed by atoms with Crippen LogP contribution in [0.25, 0.3) is 10.8 Å². The highest BCUT2D eigenvalue weighted by molar-refractivity contribution is 6.11. The summed E-state index contributed by atoms with van der Waals surface area (Å²) in [6, 6.07) is 20.4. The quantitative estimate of drug-likeness (QED) is 0.359. The Kier molecular flexibility index (Phi) is 6.80. The molecule has 0 aromatic heterocycles. The van der Waals surface area contributed by atoms with Crippen LogP contribution in [0, 0.1) is 23.2 Å². The highest BCUT2D eigenvalue weighted by Gasteiger charge is 2.50. The Morgan fingerprint density at radius 1 is 0.829 bits per heavy atom. The highest BCUT2D eigenvalue weighted by Crippen LogP contribution is 2.59. The van der Waals surface area contributed by atoms with Crippen molar-refractivity contribution in [3.8, 4) is 0 Å². The lowest BCUT2D eigenvalue weighted by Crippen LogP contribution is -2.51. The third kappa shape index (κ3) is 5.13. The minimum atomic E-state index is -0.652. The van der Waals surface area contributed by atoms with Gasteiger partial charge >= 0.3 is 5.97 Å². The molecule has 1 heterocycles. The van der Waals surface area contributed by atoms with E-state index in [2.05, 4.69) is 5.32 Å². The van der Waals surface area contributed by atoms with Crippen molar-refractivity contribution in [1.29, 1.82) is 0 Å². The van der Waals surface area contributed by atoms with E-state index in [4.69, 9.17) is 4.74 Å². The number of fused-ring (bicyclic) bond motifs is 1. The standard InChI is InChI=1S/C35H38N2O4/c38-32(36-22-35-18-24-13-25(19-35)15-26(14-24)20-35)29-16-27-9-4-5-10-28(27)17-30(29)33(39)37-12-6-11-31(37)34(40)41-21-23-7-2-1-3-8-23/h1-5,7-10,16-17,24-26,31H,6,11-15,18-22H2,(H,36,38)/t24?,25?,26?,31-,35?/m1/s1. The maximum atomic E-state index is 14.1. The van der Waals surface area contributed by atoms with Crippen molar-refractivity contribution in [2.75, 3.05) is 13.1 Å². The van der Waals surface area contributed by atoms with Crippen LogP contribution in [-0.4, -0.2) is 41.8 Å². The first kappa shape index (κ1) is 26.2. The molecule has 4 bridgehead atoms. The van der Waals surface area contributed by atoms with E-state index in [1.807, 2.05) is 66.7 Å². The lowest BCUT2D eigenvalue weighted by molar-refractivity contribution is -0.149. The zero-order chi connectivity index (χ0) is 28.0. The van der Waals surface area contributed by atoms with E-state index in [9.17, 15) is 14.4 Å². The summed E-state index contributed by atoms with van der Waals surface area (Å²) in [6.07, 6.45) is 9.00. The van der Waals surface area contributed by atoms with Gasteiger partial charge in [-0.25, -0.2) is 4.79 Å². The molecule has 6 heteroatoms. The van der Waals surface area contributed by atoms with Crippen molar-refractivity contribution >= 4 is 28.6 Å². The third-order valence-electron chi connectivity index (χ3n) is 10.2. The maximum Gasteiger partial charge on any atom is 0.329 e. The van der Waals surface area contributed by atoms with Gasteiger partial charge in [0.05, 0.1) is 11.1 Å². The van der Waals surface area contributed by atoms with Crippen LogP contribution < -0.4 is 5.32 Å². The van der Waals surface area contributed by atoms with Crippen LogP contribution in [0.4, 0.5) is 0 Å². The summed E-state index contributed by atoms with van der Waals surface area (Å²) in [6.45, 7) is 1.31. The Bertz CT molecular complexity index is 1450. The summed E-state index contributed by atoms with van der Waals surface area (Å²) in [5, 5.41) is 5.10. The number of nitrogens with zero attached hydrogens (tertiary/aromatic N) is 1. The van der Waals surface area contributed by atoms with Crippen molar-refractivity contribution in [2.45, 2.75) is 64.0 Å². The molecule has 1 atom stereocenters. The van der Waals surface area contributed by atoms with Crippen molar-refractivity contribution in [2.24, 2.45) is 23.2 Å². The summed E-state index contributed by atoms with van der Waals surface area (Å²) in [4.78, 5) is 42.6. The summed E-state index contributed by atoms with van der Waals surface area (Å²) in [7, 11) is 0. The molecule has 1 N–H and O–H groups in total. The van der Waals surface area contributed by atoms with Gasteiger partial charge in [-0.2, -0.15) is 0 Å². The van der Waals surface area contributed by atoms with Gasteiger partial charge in [0.1, 0.15) is 12.6 Å². The van der Waals surface area contributed by atoms with Gasteiger partial charge in [-0.05, 0) is 103 Å². The molecule has 3 aromatic carbocycles. The van der Waals surface area contributed by atoms with E-state index in [1.165, 1.54) is 38.5 Å². The maximum absolute atomic E-state index is 14.1. The molecule has 4 aliphatic carbocycles. The molecule has 6 nitrogen and oxygen atoms in total. The Hall–Kier alpha value is -3.67. The van der Waals surface area contributed by atoms with Crippen LogP contribution in [-0.2, 0) is 16.1 Å². The molecule has 41 heavy (non-hydrogen) atoms. The molecule has 0 radical (unpaired) electrons. The number of ether oxygens (including phenoxy) is 1. The number of likely N-dealkylation sites (tertiary alicyclic amines) is 1. The van der Waals surface area contributed by atoms with Gasteiger partial charge in [-0.1, -0.05) is 54.6 Å². The van der Waals surface area contributed by atoms with E-state index in [0.29, 0.717) is 30.6 Å².